The zero-order valence-corrected chi connectivity index (χ0v) is 10.7. The molecule has 0 bridgehead atoms. The van der Waals surface area contributed by atoms with Gasteiger partial charge < -0.3 is 0 Å². The van der Waals surface area contributed by atoms with Gasteiger partial charge in [0.05, 0.1) is 6.54 Å². The number of H-pyrrole nitrogens is 1. The van der Waals surface area contributed by atoms with Crippen molar-refractivity contribution in [1.82, 2.24) is 9.78 Å². The Morgan fingerprint density at radius 3 is 2.78 bits per heavy atom. The maximum atomic E-state index is 12.3. The van der Waals surface area contributed by atoms with E-state index in [0.29, 0.717) is 6.54 Å². The van der Waals surface area contributed by atoms with Gasteiger partial charge in [0.15, 0.2) is 0 Å². The van der Waals surface area contributed by atoms with Crippen LogP contribution < -0.4 is 5.56 Å². The van der Waals surface area contributed by atoms with Crippen LogP contribution in [0.25, 0.3) is 0 Å². The number of hydrogen-bond donors (Lipinski definition) is 1. The van der Waals surface area contributed by atoms with Crippen molar-refractivity contribution in [3.63, 3.8) is 0 Å². The molecule has 0 saturated carbocycles. The Labute approximate surface area is 106 Å². The minimum Gasteiger partial charge on any atom is -0.299 e. The van der Waals surface area contributed by atoms with Crippen LogP contribution in [0.2, 0.25) is 0 Å². The molecule has 3 heteroatoms. The standard InChI is InChI=1S/C15H18N2O/c1-11-6-2-3-7-12(11)10-17-15(18)13-8-4-5-9-14(13)16-17/h2-3,6-7,16H,4-5,8-10H2,1H3. The number of hydrogen-bond acceptors (Lipinski definition) is 1. The highest BCUT2D eigenvalue weighted by Crippen LogP contribution is 2.16. The van der Waals surface area contributed by atoms with E-state index in [4.69, 9.17) is 0 Å². The van der Waals surface area contributed by atoms with E-state index in [0.717, 1.165) is 30.5 Å². The van der Waals surface area contributed by atoms with E-state index in [1.54, 1.807) is 4.68 Å². The second-order valence-corrected chi connectivity index (χ2v) is 5.09. The first-order chi connectivity index (χ1) is 8.75. The lowest BCUT2D eigenvalue weighted by Gasteiger charge is -2.07. The fraction of sp³-hybridized carbons (Fsp3) is 0.400. The van der Waals surface area contributed by atoms with Crippen molar-refractivity contribution < 1.29 is 0 Å². The smallest absolute Gasteiger partial charge is 0.270 e. The zero-order valence-electron chi connectivity index (χ0n) is 10.7. The van der Waals surface area contributed by atoms with Gasteiger partial charge in [0.1, 0.15) is 0 Å². The van der Waals surface area contributed by atoms with Crippen LogP contribution in [0.15, 0.2) is 29.1 Å². The highest BCUT2D eigenvalue weighted by Gasteiger charge is 2.17. The van der Waals surface area contributed by atoms with Gasteiger partial charge in [-0.05, 0) is 43.7 Å². The summed E-state index contributed by atoms with van der Waals surface area (Å²) in [5.74, 6) is 0. The number of nitrogens with one attached hydrogen (secondary N) is 1. The molecule has 2 aromatic rings. The van der Waals surface area contributed by atoms with E-state index in [-0.39, 0.29) is 5.56 Å². The van der Waals surface area contributed by atoms with Crippen LogP contribution in [0.5, 0.6) is 0 Å². The predicted molar refractivity (Wildman–Crippen MR) is 72.0 cm³/mol. The van der Waals surface area contributed by atoms with E-state index in [9.17, 15) is 4.79 Å². The first kappa shape index (κ1) is 11.3. The van der Waals surface area contributed by atoms with E-state index in [1.165, 1.54) is 17.5 Å². The summed E-state index contributed by atoms with van der Waals surface area (Å²) in [5.41, 5.74) is 4.78. The van der Waals surface area contributed by atoms with Crippen LogP contribution in [0.1, 0.15) is 35.2 Å². The second kappa shape index (κ2) is 4.48. The highest BCUT2D eigenvalue weighted by atomic mass is 16.1. The van der Waals surface area contributed by atoms with E-state index >= 15 is 0 Å². The summed E-state index contributed by atoms with van der Waals surface area (Å²) in [5, 5.41) is 3.28. The third-order valence-corrected chi connectivity index (χ3v) is 3.83. The summed E-state index contributed by atoms with van der Waals surface area (Å²) < 4.78 is 1.76. The molecule has 0 spiro atoms. The number of aromatic amines is 1. The Bertz CT molecular complexity index is 622. The van der Waals surface area contributed by atoms with Gasteiger partial charge in [-0.25, -0.2) is 4.68 Å². The lowest BCUT2D eigenvalue weighted by Crippen LogP contribution is -2.20. The van der Waals surface area contributed by atoms with Crippen LogP contribution >= 0.6 is 0 Å². The molecular formula is C15H18N2O. The van der Waals surface area contributed by atoms with Crippen LogP contribution in [0, 0.1) is 6.92 Å². The molecule has 1 heterocycles. The van der Waals surface area contributed by atoms with Gasteiger partial charge in [0, 0.05) is 11.3 Å². The van der Waals surface area contributed by atoms with E-state index in [2.05, 4.69) is 24.2 Å². The van der Waals surface area contributed by atoms with Gasteiger partial charge in [-0.1, -0.05) is 24.3 Å². The van der Waals surface area contributed by atoms with Gasteiger partial charge in [0.25, 0.3) is 5.56 Å². The molecule has 1 aliphatic rings. The number of fused-ring (bicyclic) bond motifs is 1. The van der Waals surface area contributed by atoms with Crippen molar-refractivity contribution in [1.29, 1.82) is 0 Å². The molecule has 0 unspecified atom stereocenters. The van der Waals surface area contributed by atoms with Gasteiger partial charge >= 0.3 is 0 Å². The molecule has 3 nitrogen and oxygen atoms in total. The van der Waals surface area contributed by atoms with Crippen molar-refractivity contribution in [2.45, 2.75) is 39.2 Å². The number of benzene rings is 1. The maximum Gasteiger partial charge on any atom is 0.270 e. The van der Waals surface area contributed by atoms with Crippen LogP contribution in [-0.4, -0.2) is 9.78 Å². The Hall–Kier alpha value is -1.77. The zero-order chi connectivity index (χ0) is 12.5. The van der Waals surface area contributed by atoms with Crippen LogP contribution in [-0.2, 0) is 19.4 Å². The number of rotatable bonds is 2. The molecule has 18 heavy (non-hydrogen) atoms. The van der Waals surface area contributed by atoms with Gasteiger partial charge in [0.2, 0.25) is 0 Å². The molecule has 0 fully saturated rings. The van der Waals surface area contributed by atoms with E-state index < -0.39 is 0 Å². The Morgan fingerprint density at radius 2 is 2.00 bits per heavy atom. The first-order valence-corrected chi connectivity index (χ1v) is 6.61. The fourth-order valence-corrected chi connectivity index (χ4v) is 2.71. The van der Waals surface area contributed by atoms with Crippen molar-refractivity contribution in [3.8, 4) is 0 Å². The summed E-state index contributed by atoms with van der Waals surface area (Å²) >= 11 is 0. The summed E-state index contributed by atoms with van der Waals surface area (Å²) in [6.07, 6.45) is 4.29. The average molecular weight is 242 g/mol. The molecule has 3 rings (SSSR count). The lowest BCUT2D eigenvalue weighted by atomic mass is 9.98. The Kier molecular flexibility index (Phi) is 2.82. The normalized spacial score (nSPS) is 14.5. The van der Waals surface area contributed by atoms with Gasteiger partial charge in [-0.15, -0.1) is 0 Å². The number of aryl methyl sites for hydroxylation is 2. The molecule has 1 aliphatic carbocycles. The fourth-order valence-electron chi connectivity index (χ4n) is 2.71. The number of aromatic nitrogens is 2. The van der Waals surface area contributed by atoms with Crippen LogP contribution in [0.3, 0.4) is 0 Å². The summed E-state index contributed by atoms with van der Waals surface area (Å²) in [7, 11) is 0. The Morgan fingerprint density at radius 1 is 1.22 bits per heavy atom. The highest BCUT2D eigenvalue weighted by molar-refractivity contribution is 5.27. The first-order valence-electron chi connectivity index (χ1n) is 6.61. The molecule has 0 atom stereocenters. The third-order valence-electron chi connectivity index (χ3n) is 3.83. The van der Waals surface area contributed by atoms with Gasteiger partial charge in [-0.2, -0.15) is 0 Å². The molecule has 0 aliphatic heterocycles. The average Bonchev–Trinajstić information content (AvgIpc) is 2.70. The molecule has 1 N–H and O–H groups in total. The predicted octanol–water partition coefficient (Wildman–Crippen LogP) is 2.41. The molecule has 0 amide bonds. The van der Waals surface area contributed by atoms with Crippen LogP contribution in [0.4, 0.5) is 0 Å². The summed E-state index contributed by atoms with van der Waals surface area (Å²) in [6.45, 7) is 2.74. The molecule has 0 saturated heterocycles. The van der Waals surface area contributed by atoms with E-state index in [1.807, 2.05) is 12.1 Å². The molecular weight excluding hydrogens is 224 g/mol. The maximum absolute atomic E-state index is 12.3. The van der Waals surface area contributed by atoms with Crippen molar-refractivity contribution in [3.05, 3.63) is 57.0 Å². The number of nitrogens with zero attached hydrogens (tertiary/aromatic N) is 1. The summed E-state index contributed by atoms with van der Waals surface area (Å²) in [4.78, 5) is 12.3. The SMILES string of the molecule is Cc1ccccc1Cn1[nH]c2c(c1=O)CCCC2. The molecule has 1 aromatic heterocycles. The lowest BCUT2D eigenvalue weighted by molar-refractivity contribution is 0.637. The summed E-state index contributed by atoms with van der Waals surface area (Å²) in [6, 6.07) is 8.22. The topological polar surface area (TPSA) is 37.8 Å². The minimum atomic E-state index is 0.174. The monoisotopic (exact) mass is 242 g/mol. The van der Waals surface area contributed by atoms with Crippen molar-refractivity contribution >= 4 is 0 Å². The quantitative estimate of drug-likeness (QED) is 0.862. The largest absolute Gasteiger partial charge is 0.299 e. The molecule has 0 radical (unpaired) electrons. The third kappa shape index (κ3) is 1.90. The Balaban J connectivity index is 1.97. The molecule has 94 valence electrons. The minimum absolute atomic E-state index is 0.174. The molecule has 1 aromatic carbocycles. The van der Waals surface area contributed by atoms with Crippen molar-refractivity contribution in [2.24, 2.45) is 0 Å². The second-order valence-electron chi connectivity index (χ2n) is 5.09. The van der Waals surface area contributed by atoms with Crippen molar-refractivity contribution in [2.75, 3.05) is 0 Å². The van der Waals surface area contributed by atoms with Gasteiger partial charge in [-0.3, -0.25) is 9.89 Å².